The minimum Gasteiger partial charge on any atom is -0.298 e. The largest absolute Gasteiger partial charge is 0.298 e. The number of nitrogens with zero attached hydrogens (tertiary/aromatic N) is 1. The van der Waals surface area contributed by atoms with Crippen LogP contribution in [0, 0.1) is 10.8 Å². The van der Waals surface area contributed by atoms with E-state index in [4.69, 9.17) is 0 Å². The lowest BCUT2D eigenvalue weighted by Gasteiger charge is -2.48. The van der Waals surface area contributed by atoms with Crippen molar-refractivity contribution in [2.24, 2.45) is 10.8 Å². The molecule has 0 amide bonds. The van der Waals surface area contributed by atoms with Gasteiger partial charge in [0.1, 0.15) is 5.78 Å². The van der Waals surface area contributed by atoms with E-state index in [1.807, 2.05) is 47.9 Å². The Morgan fingerprint density at radius 3 is 1.62 bits per heavy atom. The summed E-state index contributed by atoms with van der Waals surface area (Å²) in [6.07, 6.45) is 2.04. The average molecular weight is 245 g/mol. The van der Waals surface area contributed by atoms with E-state index in [0.717, 1.165) is 0 Å². The minimum atomic E-state index is -0.372. The van der Waals surface area contributed by atoms with E-state index >= 15 is 0 Å². The van der Waals surface area contributed by atoms with Gasteiger partial charge in [-0.15, -0.1) is 0 Å². The summed E-state index contributed by atoms with van der Waals surface area (Å²) in [6.45, 7) is 14.3. The van der Waals surface area contributed by atoms with E-state index in [2.05, 4.69) is 18.2 Å². The van der Waals surface area contributed by atoms with Gasteiger partial charge in [0.05, 0.1) is 0 Å². The average Bonchev–Trinajstić information content (AvgIpc) is 2.13. The molecule has 2 nitrogen and oxygen atoms in total. The molecule has 0 rings (SSSR count). The van der Waals surface area contributed by atoms with E-state index in [1.54, 1.807) is 11.9 Å². The summed E-state index contributed by atoms with van der Waals surface area (Å²) in [5.41, 5.74) is -0.834. The number of rotatable bonds is 4. The van der Waals surface area contributed by atoms with Crippen molar-refractivity contribution in [3.63, 3.8) is 0 Å². The van der Waals surface area contributed by atoms with Crippen LogP contribution in [0.5, 0.6) is 0 Å². The Morgan fingerprint density at radius 2 is 1.38 bits per heavy atom. The fourth-order valence-electron chi connectivity index (χ4n) is 1.84. The molecule has 96 valence electrons. The highest BCUT2D eigenvalue weighted by Crippen LogP contribution is 2.42. The van der Waals surface area contributed by atoms with Gasteiger partial charge in [-0.05, 0) is 27.2 Å². The van der Waals surface area contributed by atoms with E-state index in [0.29, 0.717) is 5.78 Å². The first-order chi connectivity index (χ1) is 6.89. The number of carbonyl (C=O) groups is 1. The van der Waals surface area contributed by atoms with Crippen molar-refractivity contribution in [1.82, 2.24) is 4.31 Å². The van der Waals surface area contributed by atoms with E-state index < -0.39 is 0 Å². The van der Waals surface area contributed by atoms with Crippen LogP contribution in [0.2, 0.25) is 0 Å². The summed E-state index contributed by atoms with van der Waals surface area (Å²) in [4.78, 5) is 12.5. The normalized spacial score (nSPS) is 14.4. The Labute approximate surface area is 105 Å². The lowest BCUT2D eigenvalue weighted by atomic mass is 9.65. The van der Waals surface area contributed by atoms with Crippen LogP contribution in [0.3, 0.4) is 0 Å². The number of ketones is 1. The summed E-state index contributed by atoms with van der Waals surface area (Å²) in [6, 6.07) is 0. The number of Topliss-reactive ketones (excluding diaryl/α,β-unsaturated/α-hetero) is 1. The number of hydrogen-bond acceptors (Lipinski definition) is 3. The summed E-state index contributed by atoms with van der Waals surface area (Å²) in [5.74, 6) is 0.311. The molecular weight excluding hydrogens is 218 g/mol. The van der Waals surface area contributed by atoms with Gasteiger partial charge in [0.25, 0.3) is 0 Å². The van der Waals surface area contributed by atoms with Crippen LogP contribution in [0.15, 0.2) is 0 Å². The Hall–Kier alpha value is -0.0200. The SMILES string of the molecule is CSN(C)C(C)(C)C(C)(C)C(=O)C(C)(C)C. The monoisotopic (exact) mass is 245 g/mol. The van der Waals surface area contributed by atoms with Crippen LogP contribution in [-0.2, 0) is 4.79 Å². The molecule has 0 bridgehead atoms. The minimum absolute atomic E-state index is 0.170. The van der Waals surface area contributed by atoms with E-state index in [-0.39, 0.29) is 16.4 Å². The van der Waals surface area contributed by atoms with Gasteiger partial charge in [0.15, 0.2) is 0 Å². The van der Waals surface area contributed by atoms with Gasteiger partial charge in [-0.25, -0.2) is 4.31 Å². The fraction of sp³-hybridized carbons (Fsp3) is 0.923. The predicted octanol–water partition coefficient (Wildman–Crippen LogP) is 3.62. The van der Waals surface area contributed by atoms with Gasteiger partial charge >= 0.3 is 0 Å². The van der Waals surface area contributed by atoms with Crippen molar-refractivity contribution in [1.29, 1.82) is 0 Å². The first kappa shape index (κ1) is 16.0. The lowest BCUT2D eigenvalue weighted by Crippen LogP contribution is -2.55. The van der Waals surface area contributed by atoms with Crippen LogP contribution in [0.4, 0.5) is 0 Å². The molecule has 0 heterocycles. The quantitative estimate of drug-likeness (QED) is 0.706. The Kier molecular flexibility index (Phi) is 4.69. The molecule has 0 atom stereocenters. The van der Waals surface area contributed by atoms with Crippen molar-refractivity contribution in [2.45, 2.75) is 54.0 Å². The molecule has 0 aromatic carbocycles. The van der Waals surface area contributed by atoms with Crippen LogP contribution in [0.1, 0.15) is 48.5 Å². The summed E-state index contributed by atoms with van der Waals surface area (Å²) in [7, 11) is 2.04. The van der Waals surface area contributed by atoms with Gasteiger partial charge in [0.2, 0.25) is 0 Å². The van der Waals surface area contributed by atoms with Crippen LogP contribution < -0.4 is 0 Å². The molecule has 0 N–H and O–H groups in total. The van der Waals surface area contributed by atoms with Crippen LogP contribution in [-0.4, -0.2) is 28.9 Å². The first-order valence-electron chi connectivity index (χ1n) is 5.72. The summed E-state index contributed by atoms with van der Waals surface area (Å²) < 4.78 is 2.16. The Morgan fingerprint density at radius 1 is 1.00 bits per heavy atom. The van der Waals surface area contributed by atoms with Crippen molar-refractivity contribution >= 4 is 17.7 Å². The highest BCUT2D eigenvalue weighted by atomic mass is 32.2. The second kappa shape index (κ2) is 4.69. The molecule has 0 radical (unpaired) electrons. The third-order valence-corrected chi connectivity index (χ3v) is 4.84. The third kappa shape index (κ3) is 2.80. The summed E-state index contributed by atoms with van der Waals surface area (Å²) in [5, 5.41) is 0. The van der Waals surface area contributed by atoms with Gasteiger partial charge in [-0.3, -0.25) is 4.79 Å². The van der Waals surface area contributed by atoms with Crippen LogP contribution >= 0.6 is 11.9 Å². The van der Waals surface area contributed by atoms with E-state index in [9.17, 15) is 4.79 Å². The smallest absolute Gasteiger partial charge is 0.145 e. The molecule has 0 aliphatic rings. The number of hydrogen-bond donors (Lipinski definition) is 0. The topological polar surface area (TPSA) is 20.3 Å². The molecule has 0 spiro atoms. The maximum Gasteiger partial charge on any atom is 0.145 e. The maximum absolute atomic E-state index is 12.5. The van der Waals surface area contributed by atoms with Gasteiger partial charge in [0, 0.05) is 16.4 Å². The Balaban J connectivity index is 5.27. The number of carbonyl (C=O) groups excluding carboxylic acids is 1. The van der Waals surface area contributed by atoms with Gasteiger partial charge in [-0.1, -0.05) is 46.6 Å². The molecular formula is C13H27NOS. The van der Waals surface area contributed by atoms with E-state index in [1.165, 1.54) is 0 Å². The fourth-order valence-corrected chi connectivity index (χ4v) is 2.52. The van der Waals surface area contributed by atoms with Gasteiger partial charge < -0.3 is 0 Å². The molecule has 0 aliphatic carbocycles. The molecule has 0 aliphatic heterocycles. The third-order valence-electron chi connectivity index (χ3n) is 3.84. The molecule has 3 heteroatoms. The van der Waals surface area contributed by atoms with Crippen molar-refractivity contribution < 1.29 is 4.79 Å². The predicted molar refractivity (Wildman–Crippen MR) is 73.6 cm³/mol. The standard InChI is InChI=1S/C13H27NOS/c1-11(2,3)10(15)12(4,5)13(6,7)14(8)16-9/h1-9H3. The molecule has 16 heavy (non-hydrogen) atoms. The Bertz CT molecular complexity index is 264. The molecule has 0 aromatic heterocycles. The zero-order chi connectivity index (χ0) is 13.4. The molecule has 0 saturated heterocycles. The van der Waals surface area contributed by atoms with Crippen molar-refractivity contribution in [3.05, 3.63) is 0 Å². The zero-order valence-electron chi connectivity index (χ0n) is 12.3. The second-order valence-electron chi connectivity index (χ2n) is 6.44. The van der Waals surface area contributed by atoms with Crippen molar-refractivity contribution in [3.8, 4) is 0 Å². The van der Waals surface area contributed by atoms with Crippen LogP contribution in [0.25, 0.3) is 0 Å². The highest BCUT2D eigenvalue weighted by Gasteiger charge is 2.48. The second-order valence-corrected chi connectivity index (χ2v) is 7.36. The zero-order valence-corrected chi connectivity index (χ0v) is 13.1. The summed E-state index contributed by atoms with van der Waals surface area (Å²) >= 11 is 1.67. The molecule has 0 saturated carbocycles. The molecule has 0 fully saturated rings. The van der Waals surface area contributed by atoms with Crippen molar-refractivity contribution in [2.75, 3.05) is 13.3 Å². The lowest BCUT2D eigenvalue weighted by molar-refractivity contribution is -0.140. The highest BCUT2D eigenvalue weighted by molar-refractivity contribution is 7.96. The molecule has 0 aromatic rings. The molecule has 0 unspecified atom stereocenters. The first-order valence-corrected chi connectivity index (χ1v) is 6.90. The van der Waals surface area contributed by atoms with Gasteiger partial charge in [-0.2, -0.15) is 0 Å². The maximum atomic E-state index is 12.5.